The van der Waals surface area contributed by atoms with Crippen molar-refractivity contribution in [1.29, 1.82) is 0 Å². The van der Waals surface area contributed by atoms with E-state index in [1.54, 1.807) is 18.2 Å². The van der Waals surface area contributed by atoms with E-state index in [1.165, 1.54) is 11.1 Å². The van der Waals surface area contributed by atoms with Gasteiger partial charge in [0.2, 0.25) is 5.91 Å². The Morgan fingerprint density at radius 3 is 2.80 bits per heavy atom. The second-order valence-electron chi connectivity index (χ2n) is 6.60. The Morgan fingerprint density at radius 2 is 1.96 bits per heavy atom. The van der Waals surface area contributed by atoms with Crippen LogP contribution in [0.4, 0.5) is 0 Å². The lowest BCUT2D eigenvalue weighted by Crippen LogP contribution is -2.28. The van der Waals surface area contributed by atoms with Gasteiger partial charge in [-0.3, -0.25) is 4.79 Å². The molecule has 2 N–H and O–H groups in total. The van der Waals surface area contributed by atoms with E-state index in [4.69, 9.17) is 5.11 Å². The van der Waals surface area contributed by atoms with E-state index in [1.807, 2.05) is 12.1 Å². The molecule has 2 aromatic rings. The molecule has 4 heteroatoms. The van der Waals surface area contributed by atoms with Crippen LogP contribution in [0.5, 0.6) is 0 Å². The van der Waals surface area contributed by atoms with E-state index < -0.39 is 5.97 Å². The molecule has 1 unspecified atom stereocenters. The van der Waals surface area contributed by atoms with Crippen LogP contribution < -0.4 is 5.32 Å². The number of carboxylic acids is 1. The van der Waals surface area contributed by atoms with Gasteiger partial charge in [0.05, 0.1) is 5.56 Å². The van der Waals surface area contributed by atoms with Crippen LogP contribution in [0.3, 0.4) is 0 Å². The van der Waals surface area contributed by atoms with Gasteiger partial charge in [0, 0.05) is 13.0 Å². The van der Waals surface area contributed by atoms with Crippen molar-refractivity contribution < 1.29 is 14.7 Å². The van der Waals surface area contributed by atoms with Gasteiger partial charge in [0.25, 0.3) is 0 Å². The summed E-state index contributed by atoms with van der Waals surface area (Å²) in [6.45, 7) is 0.524. The summed E-state index contributed by atoms with van der Waals surface area (Å²) in [5, 5.41) is 12.0. The quantitative estimate of drug-likeness (QED) is 0.847. The van der Waals surface area contributed by atoms with E-state index in [2.05, 4.69) is 23.5 Å². The highest BCUT2D eigenvalue weighted by atomic mass is 16.4. The molecular weight excluding hydrogens is 314 g/mol. The summed E-state index contributed by atoms with van der Waals surface area (Å²) in [5.41, 5.74) is 3.89. The average molecular weight is 337 g/mol. The molecule has 4 nitrogen and oxygen atoms in total. The normalized spacial score (nSPS) is 16.1. The monoisotopic (exact) mass is 337 g/mol. The van der Waals surface area contributed by atoms with E-state index in [0.29, 0.717) is 25.3 Å². The van der Waals surface area contributed by atoms with Crippen molar-refractivity contribution >= 4 is 11.9 Å². The highest BCUT2D eigenvalue weighted by Crippen LogP contribution is 2.33. The van der Waals surface area contributed by atoms with E-state index in [0.717, 1.165) is 24.8 Å². The SMILES string of the molecule is O=C(CC1CCCc2ccccc21)NCCc1cccc(C(=O)O)c1. The van der Waals surface area contributed by atoms with E-state index in [-0.39, 0.29) is 11.5 Å². The van der Waals surface area contributed by atoms with Crippen molar-refractivity contribution in [3.8, 4) is 0 Å². The maximum Gasteiger partial charge on any atom is 0.335 e. The third-order valence-corrected chi connectivity index (χ3v) is 4.84. The van der Waals surface area contributed by atoms with Gasteiger partial charge in [-0.1, -0.05) is 36.4 Å². The number of carboxylic acid groups (broad SMARTS) is 1. The van der Waals surface area contributed by atoms with Crippen molar-refractivity contribution in [2.24, 2.45) is 0 Å². The highest BCUT2D eigenvalue weighted by Gasteiger charge is 2.22. The van der Waals surface area contributed by atoms with Crippen molar-refractivity contribution in [3.63, 3.8) is 0 Å². The number of carbonyl (C=O) groups excluding carboxylic acids is 1. The molecule has 0 heterocycles. The van der Waals surface area contributed by atoms with Crippen LogP contribution in [-0.4, -0.2) is 23.5 Å². The zero-order chi connectivity index (χ0) is 17.6. The van der Waals surface area contributed by atoms with Gasteiger partial charge in [-0.25, -0.2) is 4.79 Å². The number of carbonyl (C=O) groups is 2. The lowest BCUT2D eigenvalue weighted by atomic mass is 9.81. The predicted octanol–water partition coefficient (Wildman–Crippen LogP) is 3.55. The molecule has 0 bridgehead atoms. The number of aryl methyl sites for hydroxylation is 1. The van der Waals surface area contributed by atoms with Crippen LogP contribution in [0.1, 0.15) is 52.2 Å². The van der Waals surface area contributed by atoms with Crippen LogP contribution in [0.25, 0.3) is 0 Å². The van der Waals surface area contributed by atoms with Crippen molar-refractivity contribution in [3.05, 3.63) is 70.8 Å². The minimum Gasteiger partial charge on any atom is -0.478 e. The van der Waals surface area contributed by atoms with Gasteiger partial charge in [-0.15, -0.1) is 0 Å². The van der Waals surface area contributed by atoms with E-state index >= 15 is 0 Å². The van der Waals surface area contributed by atoms with E-state index in [9.17, 15) is 9.59 Å². The number of amides is 1. The molecule has 0 aromatic heterocycles. The third-order valence-electron chi connectivity index (χ3n) is 4.84. The molecule has 0 aliphatic heterocycles. The summed E-state index contributed by atoms with van der Waals surface area (Å²) in [4.78, 5) is 23.3. The summed E-state index contributed by atoms with van der Waals surface area (Å²) in [6, 6.07) is 15.3. The summed E-state index contributed by atoms with van der Waals surface area (Å²) in [6.07, 6.45) is 4.45. The summed E-state index contributed by atoms with van der Waals surface area (Å²) < 4.78 is 0. The fourth-order valence-electron chi connectivity index (χ4n) is 3.57. The molecule has 1 amide bonds. The lowest BCUT2D eigenvalue weighted by Gasteiger charge is -2.25. The Balaban J connectivity index is 1.51. The number of rotatable bonds is 6. The molecule has 0 saturated carbocycles. The van der Waals surface area contributed by atoms with Gasteiger partial charge in [-0.2, -0.15) is 0 Å². The first kappa shape index (κ1) is 17.2. The van der Waals surface area contributed by atoms with Crippen LogP contribution >= 0.6 is 0 Å². The molecule has 3 rings (SSSR count). The molecule has 1 atom stereocenters. The molecule has 2 aromatic carbocycles. The zero-order valence-corrected chi connectivity index (χ0v) is 14.2. The van der Waals surface area contributed by atoms with Crippen LogP contribution in [-0.2, 0) is 17.6 Å². The predicted molar refractivity (Wildman–Crippen MR) is 96.9 cm³/mol. The molecule has 0 spiro atoms. The van der Waals surface area contributed by atoms with Gasteiger partial charge in [0.15, 0.2) is 0 Å². The fourth-order valence-corrected chi connectivity index (χ4v) is 3.57. The Labute approximate surface area is 147 Å². The second-order valence-corrected chi connectivity index (χ2v) is 6.60. The standard InChI is InChI=1S/C21H23NO3/c23-20(14-17-8-4-7-16-6-1-2-10-19(16)17)22-12-11-15-5-3-9-18(13-15)21(24)25/h1-3,5-6,9-10,13,17H,4,7-8,11-12,14H2,(H,22,23)(H,24,25). The molecule has 1 aliphatic carbocycles. The van der Waals surface area contributed by atoms with Crippen LogP contribution in [0.2, 0.25) is 0 Å². The number of hydrogen-bond donors (Lipinski definition) is 2. The molecule has 25 heavy (non-hydrogen) atoms. The first-order valence-electron chi connectivity index (χ1n) is 8.80. The smallest absolute Gasteiger partial charge is 0.335 e. The lowest BCUT2D eigenvalue weighted by molar-refractivity contribution is -0.121. The number of nitrogens with one attached hydrogen (secondary N) is 1. The van der Waals surface area contributed by atoms with Crippen molar-refractivity contribution in [2.45, 2.75) is 38.0 Å². The summed E-state index contributed by atoms with van der Waals surface area (Å²) in [7, 11) is 0. The Kier molecular flexibility index (Phi) is 5.49. The van der Waals surface area contributed by atoms with Gasteiger partial charge in [0.1, 0.15) is 0 Å². The number of aromatic carboxylic acids is 1. The van der Waals surface area contributed by atoms with Crippen molar-refractivity contribution in [1.82, 2.24) is 5.32 Å². The largest absolute Gasteiger partial charge is 0.478 e. The average Bonchev–Trinajstić information content (AvgIpc) is 2.62. The number of hydrogen-bond acceptors (Lipinski definition) is 2. The molecule has 0 fully saturated rings. The Morgan fingerprint density at radius 1 is 1.12 bits per heavy atom. The topological polar surface area (TPSA) is 66.4 Å². The zero-order valence-electron chi connectivity index (χ0n) is 14.2. The summed E-state index contributed by atoms with van der Waals surface area (Å²) in [5.74, 6) is -0.557. The van der Waals surface area contributed by atoms with Gasteiger partial charge in [-0.05, 0) is 60.4 Å². The minimum atomic E-state index is -0.929. The van der Waals surface area contributed by atoms with Gasteiger partial charge < -0.3 is 10.4 Å². The Bertz CT molecular complexity index is 769. The van der Waals surface area contributed by atoms with Crippen LogP contribution in [0, 0.1) is 0 Å². The molecule has 130 valence electrons. The minimum absolute atomic E-state index is 0.0658. The maximum atomic E-state index is 12.3. The molecule has 1 aliphatic rings. The fraction of sp³-hybridized carbons (Fsp3) is 0.333. The third kappa shape index (κ3) is 4.47. The summed E-state index contributed by atoms with van der Waals surface area (Å²) >= 11 is 0. The molecule has 0 radical (unpaired) electrons. The first-order chi connectivity index (χ1) is 12.1. The highest BCUT2D eigenvalue weighted by molar-refractivity contribution is 5.87. The molecular formula is C21H23NO3. The molecule has 0 saturated heterocycles. The number of fused-ring (bicyclic) bond motifs is 1. The first-order valence-corrected chi connectivity index (χ1v) is 8.80. The van der Waals surface area contributed by atoms with Crippen molar-refractivity contribution in [2.75, 3.05) is 6.54 Å². The Hall–Kier alpha value is -2.62. The number of benzene rings is 2. The second kappa shape index (κ2) is 7.97. The van der Waals surface area contributed by atoms with Gasteiger partial charge >= 0.3 is 5.97 Å². The maximum absolute atomic E-state index is 12.3. The van der Waals surface area contributed by atoms with Crippen LogP contribution in [0.15, 0.2) is 48.5 Å².